The van der Waals surface area contributed by atoms with Gasteiger partial charge in [-0.3, -0.25) is 5.10 Å². The lowest BCUT2D eigenvalue weighted by molar-refractivity contribution is 1.07. The molecule has 0 aliphatic heterocycles. The largest absolute Gasteiger partial charge is 0.326 e. The van der Waals surface area contributed by atoms with E-state index in [2.05, 4.69) is 10.2 Å². The Morgan fingerprint density at radius 2 is 1.48 bits per heavy atom. The highest BCUT2D eigenvalue weighted by Gasteiger charge is 2.14. The summed E-state index contributed by atoms with van der Waals surface area (Å²) in [4.78, 5) is 14.5. The molecule has 0 spiro atoms. The Morgan fingerprint density at radius 3 is 2.21 bits per heavy atom. The van der Waals surface area contributed by atoms with E-state index in [1.165, 1.54) is 0 Å². The first-order valence-electron chi connectivity index (χ1n) is 9.35. The van der Waals surface area contributed by atoms with Gasteiger partial charge in [0.15, 0.2) is 5.65 Å². The number of H-pyrrole nitrogens is 1. The number of nitrogens with zero attached hydrogens (tertiary/aromatic N) is 4. The van der Waals surface area contributed by atoms with E-state index in [4.69, 9.17) is 20.7 Å². The van der Waals surface area contributed by atoms with Crippen LogP contribution in [0.15, 0.2) is 79.0 Å². The maximum absolute atomic E-state index is 5.75. The van der Waals surface area contributed by atoms with Crippen LogP contribution >= 0.6 is 0 Å². The zero-order valence-electron chi connectivity index (χ0n) is 15.6. The predicted octanol–water partition coefficient (Wildman–Crippen LogP) is 4.21. The summed E-state index contributed by atoms with van der Waals surface area (Å²) in [6.07, 6.45) is 1.70. The van der Waals surface area contributed by atoms with Crippen molar-refractivity contribution in [3.8, 4) is 33.9 Å². The third-order valence-corrected chi connectivity index (χ3v) is 4.82. The van der Waals surface area contributed by atoms with Gasteiger partial charge in [-0.2, -0.15) is 5.10 Å². The Morgan fingerprint density at radius 1 is 0.724 bits per heavy atom. The highest BCUT2D eigenvalue weighted by Crippen LogP contribution is 2.31. The molecule has 0 fully saturated rings. The molecule has 140 valence electrons. The fraction of sp³-hybridized carbons (Fsp3) is 0.0435. The number of nitrogens with one attached hydrogen (secondary N) is 1. The highest BCUT2D eigenvalue weighted by molar-refractivity contribution is 5.85. The number of rotatable bonds is 4. The van der Waals surface area contributed by atoms with Gasteiger partial charge in [-0.15, -0.1) is 0 Å². The van der Waals surface area contributed by atoms with Gasteiger partial charge in [-0.25, -0.2) is 15.0 Å². The summed E-state index contributed by atoms with van der Waals surface area (Å²) < 4.78 is 0. The highest BCUT2D eigenvalue weighted by atomic mass is 15.1. The fourth-order valence-corrected chi connectivity index (χ4v) is 3.29. The van der Waals surface area contributed by atoms with Crippen LogP contribution in [0.3, 0.4) is 0 Å². The van der Waals surface area contributed by atoms with Crippen molar-refractivity contribution in [1.29, 1.82) is 0 Å². The Hall–Kier alpha value is -3.90. The van der Waals surface area contributed by atoms with Crippen molar-refractivity contribution in [2.45, 2.75) is 6.54 Å². The smallest absolute Gasteiger partial charge is 0.179 e. The molecule has 2 aromatic carbocycles. The molecule has 0 saturated heterocycles. The van der Waals surface area contributed by atoms with Crippen molar-refractivity contribution < 1.29 is 0 Å². The Bertz CT molecular complexity index is 1260. The predicted molar refractivity (Wildman–Crippen MR) is 114 cm³/mol. The van der Waals surface area contributed by atoms with Gasteiger partial charge in [0.25, 0.3) is 0 Å². The van der Waals surface area contributed by atoms with Crippen LogP contribution in [-0.4, -0.2) is 25.1 Å². The molecule has 0 aliphatic rings. The van der Waals surface area contributed by atoms with E-state index in [1.807, 2.05) is 72.8 Å². The van der Waals surface area contributed by atoms with E-state index in [0.717, 1.165) is 45.0 Å². The van der Waals surface area contributed by atoms with E-state index in [1.54, 1.807) is 6.20 Å². The standard InChI is InChI=1S/C23H18N6/c24-14-15-6-8-17(9-7-15)22-21(16-4-2-1-3-5-16)26-20-11-10-18(27-23(20)28-22)19-12-13-25-29-19/h1-13H,14,24H2,(H,25,29). The molecule has 0 atom stereocenters. The van der Waals surface area contributed by atoms with Crippen molar-refractivity contribution in [1.82, 2.24) is 25.1 Å². The molecule has 6 heteroatoms. The molecule has 0 amide bonds. The summed E-state index contributed by atoms with van der Waals surface area (Å²) in [7, 11) is 0. The Balaban J connectivity index is 1.73. The van der Waals surface area contributed by atoms with Crippen LogP contribution in [0.1, 0.15) is 5.56 Å². The summed E-state index contributed by atoms with van der Waals surface area (Å²) in [5.74, 6) is 0. The van der Waals surface area contributed by atoms with Crippen LogP contribution in [-0.2, 0) is 6.54 Å². The SMILES string of the molecule is NCc1ccc(-c2nc3nc(-c4ccn[nH]4)ccc3nc2-c2ccccc2)cc1. The third-order valence-electron chi connectivity index (χ3n) is 4.82. The van der Waals surface area contributed by atoms with Crippen molar-refractivity contribution in [2.24, 2.45) is 5.73 Å². The van der Waals surface area contributed by atoms with Crippen molar-refractivity contribution in [3.63, 3.8) is 0 Å². The van der Waals surface area contributed by atoms with Gasteiger partial charge in [-0.05, 0) is 23.8 Å². The fourth-order valence-electron chi connectivity index (χ4n) is 3.29. The molecule has 3 aromatic heterocycles. The molecular formula is C23H18N6. The zero-order valence-corrected chi connectivity index (χ0v) is 15.6. The summed E-state index contributed by atoms with van der Waals surface area (Å²) >= 11 is 0. The Labute approximate surface area is 167 Å². The van der Waals surface area contributed by atoms with Crippen LogP contribution in [0.25, 0.3) is 45.1 Å². The molecule has 6 nitrogen and oxygen atoms in total. The Kier molecular flexibility index (Phi) is 4.31. The minimum absolute atomic E-state index is 0.504. The summed E-state index contributed by atoms with van der Waals surface area (Å²) in [6.45, 7) is 0.504. The summed E-state index contributed by atoms with van der Waals surface area (Å²) in [5, 5.41) is 6.94. The number of hydrogen-bond donors (Lipinski definition) is 2. The van der Waals surface area contributed by atoms with Gasteiger partial charge in [0.1, 0.15) is 5.52 Å². The lowest BCUT2D eigenvalue weighted by Crippen LogP contribution is -1.99. The number of fused-ring (bicyclic) bond motifs is 1. The third kappa shape index (κ3) is 3.26. The number of benzene rings is 2. The molecular weight excluding hydrogens is 360 g/mol. The van der Waals surface area contributed by atoms with E-state index in [9.17, 15) is 0 Å². The molecule has 0 bridgehead atoms. The van der Waals surface area contributed by atoms with Crippen molar-refractivity contribution in [3.05, 3.63) is 84.6 Å². The minimum Gasteiger partial charge on any atom is -0.326 e. The molecule has 0 saturated carbocycles. The molecule has 29 heavy (non-hydrogen) atoms. The number of aromatic amines is 1. The zero-order chi connectivity index (χ0) is 19.6. The number of nitrogens with two attached hydrogens (primary N) is 1. The number of pyridine rings is 1. The molecule has 5 rings (SSSR count). The lowest BCUT2D eigenvalue weighted by Gasteiger charge is -2.11. The van der Waals surface area contributed by atoms with Gasteiger partial charge in [0.2, 0.25) is 0 Å². The molecule has 0 aliphatic carbocycles. The van der Waals surface area contributed by atoms with Gasteiger partial charge < -0.3 is 5.73 Å². The van der Waals surface area contributed by atoms with Crippen molar-refractivity contribution in [2.75, 3.05) is 0 Å². The summed E-state index contributed by atoms with van der Waals surface area (Å²) in [5.41, 5.74) is 13.4. The first-order valence-corrected chi connectivity index (χ1v) is 9.35. The maximum atomic E-state index is 5.75. The van der Waals surface area contributed by atoms with Crippen LogP contribution in [0.5, 0.6) is 0 Å². The molecule has 3 N–H and O–H groups in total. The van der Waals surface area contributed by atoms with E-state index < -0.39 is 0 Å². The first kappa shape index (κ1) is 17.2. The van der Waals surface area contributed by atoms with E-state index in [0.29, 0.717) is 12.2 Å². The maximum Gasteiger partial charge on any atom is 0.179 e. The van der Waals surface area contributed by atoms with Crippen molar-refractivity contribution >= 4 is 11.2 Å². The van der Waals surface area contributed by atoms with Gasteiger partial charge in [0.05, 0.1) is 22.8 Å². The molecule has 0 radical (unpaired) electrons. The first-order chi connectivity index (χ1) is 14.3. The quantitative estimate of drug-likeness (QED) is 0.489. The number of aromatic nitrogens is 5. The molecule has 0 unspecified atom stereocenters. The van der Waals surface area contributed by atoms with E-state index in [-0.39, 0.29) is 0 Å². The average Bonchev–Trinajstić information content (AvgIpc) is 3.33. The van der Waals surface area contributed by atoms with Crippen LogP contribution in [0, 0.1) is 0 Å². The lowest BCUT2D eigenvalue weighted by atomic mass is 10.0. The second-order valence-corrected chi connectivity index (χ2v) is 6.70. The second kappa shape index (κ2) is 7.26. The monoisotopic (exact) mass is 378 g/mol. The van der Waals surface area contributed by atoms with Crippen LogP contribution in [0.2, 0.25) is 0 Å². The molecule has 3 heterocycles. The normalized spacial score (nSPS) is 11.1. The van der Waals surface area contributed by atoms with Gasteiger partial charge in [0, 0.05) is 23.9 Å². The second-order valence-electron chi connectivity index (χ2n) is 6.70. The minimum atomic E-state index is 0.504. The molecule has 5 aromatic rings. The summed E-state index contributed by atoms with van der Waals surface area (Å²) in [6, 6.07) is 23.9. The van der Waals surface area contributed by atoms with Crippen LogP contribution in [0.4, 0.5) is 0 Å². The topological polar surface area (TPSA) is 93.4 Å². The van der Waals surface area contributed by atoms with Gasteiger partial charge in [-0.1, -0.05) is 54.6 Å². The number of hydrogen-bond acceptors (Lipinski definition) is 5. The van der Waals surface area contributed by atoms with E-state index >= 15 is 0 Å². The van der Waals surface area contributed by atoms with Crippen LogP contribution < -0.4 is 5.73 Å². The average molecular weight is 378 g/mol. The van der Waals surface area contributed by atoms with Gasteiger partial charge >= 0.3 is 0 Å².